The maximum absolute atomic E-state index is 5.39. The Hall–Kier alpha value is -1.02. The van der Waals surface area contributed by atoms with E-state index in [1.54, 1.807) is 7.11 Å². The predicted octanol–water partition coefficient (Wildman–Crippen LogP) is 3.35. The quantitative estimate of drug-likeness (QED) is 0.276. The largest absolute Gasteiger partial charge is 0.496 e. The minimum absolute atomic E-state index is 0. The van der Waals surface area contributed by atoms with Crippen molar-refractivity contribution in [1.82, 2.24) is 15.5 Å². The highest BCUT2D eigenvalue weighted by Crippen LogP contribution is 2.20. The number of piperidine rings is 1. The van der Waals surface area contributed by atoms with Crippen LogP contribution in [-0.4, -0.2) is 51.2 Å². The highest BCUT2D eigenvalue weighted by molar-refractivity contribution is 14.0. The molecule has 2 rings (SSSR count). The number of nitrogens with one attached hydrogen (secondary N) is 2. The van der Waals surface area contributed by atoms with Crippen molar-refractivity contribution < 1.29 is 4.74 Å². The summed E-state index contributed by atoms with van der Waals surface area (Å²) in [6, 6.07) is 8.06. The lowest BCUT2D eigenvalue weighted by atomic mass is 9.92. The van der Waals surface area contributed by atoms with Gasteiger partial charge in [-0.3, -0.25) is 4.99 Å². The summed E-state index contributed by atoms with van der Waals surface area (Å²) >= 11 is 0. The fourth-order valence-corrected chi connectivity index (χ4v) is 3.73. The first-order chi connectivity index (χ1) is 12.1. The Balaban J connectivity index is 0.00000338. The predicted molar refractivity (Wildman–Crippen MR) is 121 cm³/mol. The molecule has 1 aliphatic rings. The van der Waals surface area contributed by atoms with Crippen molar-refractivity contribution in [2.75, 3.05) is 40.3 Å². The van der Waals surface area contributed by atoms with Gasteiger partial charge < -0.3 is 20.3 Å². The molecule has 1 aromatic carbocycles. The number of hydrogen-bond acceptors (Lipinski definition) is 3. The summed E-state index contributed by atoms with van der Waals surface area (Å²) in [5, 5.41) is 6.77. The van der Waals surface area contributed by atoms with Crippen molar-refractivity contribution in [2.45, 2.75) is 33.2 Å². The molecule has 2 atom stereocenters. The lowest BCUT2D eigenvalue weighted by molar-refractivity contribution is 0.140. The molecular formula is C20H35IN4O. The number of ether oxygens (including phenoxy) is 1. The van der Waals surface area contributed by atoms with E-state index in [4.69, 9.17) is 4.74 Å². The van der Waals surface area contributed by atoms with E-state index in [0.29, 0.717) is 6.54 Å². The summed E-state index contributed by atoms with van der Waals surface area (Å²) in [7, 11) is 3.51. The Bertz CT molecular complexity index is 542. The number of likely N-dealkylation sites (tertiary alicyclic amines) is 1. The number of aliphatic imine (C=N–C) groups is 1. The lowest BCUT2D eigenvalue weighted by Gasteiger charge is -2.35. The van der Waals surface area contributed by atoms with Gasteiger partial charge in [0.15, 0.2) is 5.96 Å². The molecule has 2 unspecified atom stereocenters. The van der Waals surface area contributed by atoms with Crippen LogP contribution in [0.2, 0.25) is 0 Å². The molecule has 0 radical (unpaired) electrons. The zero-order valence-corrected chi connectivity index (χ0v) is 19.0. The smallest absolute Gasteiger partial charge is 0.191 e. The van der Waals surface area contributed by atoms with E-state index in [1.807, 2.05) is 25.2 Å². The first-order valence-corrected chi connectivity index (χ1v) is 9.41. The van der Waals surface area contributed by atoms with Crippen molar-refractivity contribution in [2.24, 2.45) is 16.8 Å². The summed E-state index contributed by atoms with van der Waals surface area (Å²) in [6.07, 6.45) is 2.50. The maximum Gasteiger partial charge on any atom is 0.191 e. The van der Waals surface area contributed by atoms with Gasteiger partial charge in [-0.1, -0.05) is 32.0 Å². The van der Waals surface area contributed by atoms with Crippen LogP contribution in [0.25, 0.3) is 0 Å². The standard InChI is InChI=1S/C20H34N4O.HI/c1-16-12-17(2)15-24(14-16)11-7-10-22-20(21-3)23-13-18-8-5-6-9-19(18)25-4;/h5-6,8-9,16-17H,7,10-15H2,1-4H3,(H2,21,22,23);1H. The highest BCUT2D eigenvalue weighted by atomic mass is 127. The van der Waals surface area contributed by atoms with Crippen LogP contribution in [0.5, 0.6) is 5.75 Å². The minimum atomic E-state index is 0. The van der Waals surface area contributed by atoms with Gasteiger partial charge in [-0.2, -0.15) is 0 Å². The summed E-state index contributed by atoms with van der Waals surface area (Å²) in [5.41, 5.74) is 1.13. The number of hydrogen-bond donors (Lipinski definition) is 2. The fourth-order valence-electron chi connectivity index (χ4n) is 3.73. The van der Waals surface area contributed by atoms with Crippen LogP contribution in [0.4, 0.5) is 0 Å². The molecule has 0 aromatic heterocycles. The molecule has 26 heavy (non-hydrogen) atoms. The van der Waals surface area contributed by atoms with Crippen molar-refractivity contribution in [3.8, 4) is 5.75 Å². The number of nitrogens with zero attached hydrogens (tertiary/aromatic N) is 2. The number of halogens is 1. The zero-order chi connectivity index (χ0) is 18.1. The van der Waals surface area contributed by atoms with Crippen LogP contribution < -0.4 is 15.4 Å². The van der Waals surface area contributed by atoms with E-state index in [0.717, 1.165) is 48.6 Å². The lowest BCUT2D eigenvalue weighted by Crippen LogP contribution is -2.41. The normalized spacial score (nSPS) is 21.0. The van der Waals surface area contributed by atoms with Crippen LogP contribution in [-0.2, 0) is 6.54 Å². The molecule has 1 heterocycles. The van der Waals surface area contributed by atoms with Crippen molar-refractivity contribution in [1.29, 1.82) is 0 Å². The third-order valence-electron chi connectivity index (χ3n) is 4.75. The van der Waals surface area contributed by atoms with Gasteiger partial charge in [-0.25, -0.2) is 0 Å². The third-order valence-corrected chi connectivity index (χ3v) is 4.75. The molecule has 0 bridgehead atoms. The molecule has 5 nitrogen and oxygen atoms in total. The second kappa shape index (κ2) is 12.4. The van der Waals surface area contributed by atoms with E-state index in [-0.39, 0.29) is 24.0 Å². The summed E-state index contributed by atoms with van der Waals surface area (Å²) in [4.78, 5) is 6.91. The van der Waals surface area contributed by atoms with Crippen molar-refractivity contribution in [3.05, 3.63) is 29.8 Å². The maximum atomic E-state index is 5.39. The molecule has 0 aliphatic carbocycles. The summed E-state index contributed by atoms with van der Waals surface area (Å²) < 4.78 is 5.39. The van der Waals surface area contributed by atoms with Crippen LogP contribution in [0.3, 0.4) is 0 Å². The topological polar surface area (TPSA) is 48.9 Å². The summed E-state index contributed by atoms with van der Waals surface area (Å²) in [5.74, 6) is 3.39. The molecule has 148 valence electrons. The first-order valence-electron chi connectivity index (χ1n) is 9.41. The Morgan fingerprint density at radius 3 is 2.54 bits per heavy atom. The highest BCUT2D eigenvalue weighted by Gasteiger charge is 2.20. The van der Waals surface area contributed by atoms with Crippen LogP contribution in [0.15, 0.2) is 29.3 Å². The van der Waals surface area contributed by atoms with E-state index >= 15 is 0 Å². The molecule has 6 heteroatoms. The van der Waals surface area contributed by atoms with Gasteiger partial charge in [-0.15, -0.1) is 24.0 Å². The number of methoxy groups -OCH3 is 1. The Kier molecular flexibility index (Phi) is 11.0. The Morgan fingerprint density at radius 2 is 1.88 bits per heavy atom. The number of benzene rings is 1. The molecule has 2 N–H and O–H groups in total. The van der Waals surface area contributed by atoms with Gasteiger partial charge in [0.1, 0.15) is 5.75 Å². The third kappa shape index (κ3) is 7.70. The van der Waals surface area contributed by atoms with Gasteiger partial charge in [0.05, 0.1) is 7.11 Å². The van der Waals surface area contributed by atoms with Crippen LogP contribution in [0, 0.1) is 11.8 Å². The Labute approximate surface area is 176 Å². The first kappa shape index (κ1) is 23.0. The molecule has 0 saturated carbocycles. The molecule has 0 amide bonds. The van der Waals surface area contributed by atoms with Crippen molar-refractivity contribution >= 4 is 29.9 Å². The number of guanidine groups is 1. The molecule has 1 aliphatic heterocycles. The second-order valence-electron chi connectivity index (χ2n) is 7.22. The SMILES string of the molecule is CN=C(NCCCN1CC(C)CC(C)C1)NCc1ccccc1OC.I. The van der Waals surface area contributed by atoms with E-state index in [9.17, 15) is 0 Å². The van der Waals surface area contributed by atoms with Gasteiger partial charge in [0.2, 0.25) is 0 Å². The van der Waals surface area contributed by atoms with Gasteiger partial charge in [0, 0.05) is 38.8 Å². The average Bonchev–Trinajstić information content (AvgIpc) is 2.60. The molecule has 0 spiro atoms. The number of rotatable bonds is 7. The molecule has 1 fully saturated rings. The van der Waals surface area contributed by atoms with Gasteiger partial charge in [-0.05, 0) is 37.3 Å². The minimum Gasteiger partial charge on any atom is -0.496 e. The Morgan fingerprint density at radius 1 is 1.19 bits per heavy atom. The molecule has 1 saturated heterocycles. The molecular weight excluding hydrogens is 439 g/mol. The van der Waals surface area contributed by atoms with E-state index < -0.39 is 0 Å². The number of para-hydroxylation sites is 1. The monoisotopic (exact) mass is 474 g/mol. The fraction of sp³-hybridized carbons (Fsp3) is 0.650. The van der Waals surface area contributed by atoms with Crippen LogP contribution in [0.1, 0.15) is 32.3 Å². The van der Waals surface area contributed by atoms with E-state index in [1.165, 1.54) is 19.5 Å². The second-order valence-corrected chi connectivity index (χ2v) is 7.22. The van der Waals surface area contributed by atoms with E-state index in [2.05, 4.69) is 40.4 Å². The molecule has 1 aromatic rings. The van der Waals surface area contributed by atoms with Crippen LogP contribution >= 0.6 is 24.0 Å². The van der Waals surface area contributed by atoms with Gasteiger partial charge >= 0.3 is 0 Å². The zero-order valence-electron chi connectivity index (χ0n) is 16.6. The van der Waals surface area contributed by atoms with Crippen molar-refractivity contribution in [3.63, 3.8) is 0 Å². The average molecular weight is 474 g/mol. The van der Waals surface area contributed by atoms with Gasteiger partial charge in [0.25, 0.3) is 0 Å². The summed E-state index contributed by atoms with van der Waals surface area (Å²) in [6.45, 7) is 10.0.